The first kappa shape index (κ1) is 9.59. The molecule has 0 saturated carbocycles. The van der Waals surface area contributed by atoms with E-state index in [0.29, 0.717) is 19.6 Å². The van der Waals surface area contributed by atoms with Crippen molar-refractivity contribution in [1.29, 1.82) is 0 Å². The van der Waals surface area contributed by atoms with Crippen molar-refractivity contribution in [3.8, 4) is 0 Å². The highest BCUT2D eigenvalue weighted by Gasteiger charge is 2.19. The Bertz CT molecular complexity index is 188. The van der Waals surface area contributed by atoms with E-state index in [4.69, 9.17) is 4.74 Å². The molecular weight excluding hydrogens is 184 g/mol. The molecule has 1 aliphatic rings. The fourth-order valence-electron chi connectivity index (χ4n) is 0.938. The van der Waals surface area contributed by atoms with E-state index in [1.54, 1.807) is 0 Å². The number of ether oxygens (including phenoxy) is 1. The number of nitrogens with zero attached hydrogens (tertiary/aromatic N) is 1. The molecule has 1 saturated heterocycles. The third-order valence-corrected chi connectivity index (χ3v) is 2.25. The van der Waals surface area contributed by atoms with Gasteiger partial charge in [0.2, 0.25) is 6.41 Å². The molecule has 0 spiro atoms. The Morgan fingerprint density at radius 3 is 3.08 bits per heavy atom. The average Bonchev–Trinajstić information content (AvgIpc) is 2.05. The highest BCUT2D eigenvalue weighted by atomic mass is 32.2. The van der Waals surface area contributed by atoms with Crippen LogP contribution in [0.1, 0.15) is 0 Å². The van der Waals surface area contributed by atoms with Gasteiger partial charge in [-0.05, 0) is 0 Å². The molecule has 1 fully saturated rings. The Kier molecular flexibility index (Phi) is 3.60. The molecule has 0 aromatic rings. The summed E-state index contributed by atoms with van der Waals surface area (Å²) in [7, 11) is 0. The molecule has 1 heterocycles. The second kappa shape index (κ2) is 4.51. The summed E-state index contributed by atoms with van der Waals surface area (Å²) in [6.07, 6.45) is -0.0313. The molecule has 1 amide bonds. The number of morpholine rings is 1. The molecular formula is C5H9N2O4S-. The van der Waals surface area contributed by atoms with Crippen molar-refractivity contribution in [2.75, 3.05) is 19.7 Å². The van der Waals surface area contributed by atoms with Gasteiger partial charge in [-0.15, -0.1) is 0 Å². The topological polar surface area (TPSA) is 81.7 Å². The van der Waals surface area contributed by atoms with E-state index in [9.17, 15) is 13.6 Å². The highest BCUT2D eigenvalue weighted by Crippen LogP contribution is 2.03. The predicted molar refractivity (Wildman–Crippen MR) is 39.4 cm³/mol. The molecule has 1 N–H and O–H groups in total. The van der Waals surface area contributed by atoms with E-state index in [1.807, 2.05) is 0 Å². The van der Waals surface area contributed by atoms with Crippen LogP contribution in [-0.2, 0) is 20.8 Å². The number of amides is 1. The zero-order chi connectivity index (χ0) is 8.97. The SMILES string of the molecule is O=CNC1CN(S(=O)[O-])CCO1. The zero-order valence-electron chi connectivity index (χ0n) is 6.26. The summed E-state index contributed by atoms with van der Waals surface area (Å²) in [5, 5.41) is 2.35. The van der Waals surface area contributed by atoms with E-state index in [-0.39, 0.29) is 6.54 Å². The minimum Gasteiger partial charge on any atom is -0.760 e. The van der Waals surface area contributed by atoms with Crippen molar-refractivity contribution in [2.45, 2.75) is 6.23 Å². The van der Waals surface area contributed by atoms with Crippen molar-refractivity contribution in [1.82, 2.24) is 9.62 Å². The maximum Gasteiger partial charge on any atom is 0.209 e. The third-order valence-electron chi connectivity index (χ3n) is 1.49. The predicted octanol–water partition coefficient (Wildman–Crippen LogP) is -1.82. The standard InChI is InChI=1S/C5H10N2O4S/c8-4-6-5-3-7(12(9)10)1-2-11-5/h4-5H,1-3H2,(H,6,8)(H,9,10)/p-1. The van der Waals surface area contributed by atoms with E-state index >= 15 is 0 Å². The van der Waals surface area contributed by atoms with Crippen LogP contribution in [0.3, 0.4) is 0 Å². The maximum absolute atomic E-state index is 10.5. The Hall–Kier alpha value is -0.500. The molecule has 0 bridgehead atoms. The highest BCUT2D eigenvalue weighted by molar-refractivity contribution is 7.76. The lowest BCUT2D eigenvalue weighted by Gasteiger charge is -2.32. The minimum absolute atomic E-state index is 0.175. The minimum atomic E-state index is -2.23. The van der Waals surface area contributed by atoms with Crippen LogP contribution in [0, 0.1) is 0 Å². The Morgan fingerprint density at radius 2 is 2.50 bits per heavy atom. The van der Waals surface area contributed by atoms with Gasteiger partial charge in [0.05, 0.1) is 13.2 Å². The number of hydrogen-bond donors (Lipinski definition) is 1. The van der Waals surface area contributed by atoms with Gasteiger partial charge in [0.25, 0.3) is 0 Å². The van der Waals surface area contributed by atoms with Crippen LogP contribution in [0.5, 0.6) is 0 Å². The van der Waals surface area contributed by atoms with Gasteiger partial charge in [-0.1, -0.05) is 0 Å². The third kappa shape index (κ3) is 2.52. The van der Waals surface area contributed by atoms with Crippen molar-refractivity contribution in [3.05, 3.63) is 0 Å². The van der Waals surface area contributed by atoms with Crippen LogP contribution in [0.4, 0.5) is 0 Å². The normalized spacial score (nSPS) is 27.9. The van der Waals surface area contributed by atoms with Gasteiger partial charge in [-0.3, -0.25) is 9.00 Å². The Balaban J connectivity index is 2.39. The van der Waals surface area contributed by atoms with Crippen molar-refractivity contribution in [3.63, 3.8) is 0 Å². The molecule has 0 aromatic carbocycles. The number of carbonyl (C=O) groups is 1. The molecule has 0 radical (unpaired) electrons. The zero-order valence-corrected chi connectivity index (χ0v) is 7.08. The largest absolute Gasteiger partial charge is 0.760 e. The second-order valence-corrected chi connectivity index (χ2v) is 3.20. The summed E-state index contributed by atoms with van der Waals surface area (Å²) < 4.78 is 27.2. The number of hydrogen-bond acceptors (Lipinski definition) is 4. The lowest BCUT2D eigenvalue weighted by Crippen LogP contribution is -2.49. The van der Waals surface area contributed by atoms with Crippen molar-refractivity contribution < 1.29 is 18.3 Å². The molecule has 0 aliphatic carbocycles. The summed E-state index contributed by atoms with van der Waals surface area (Å²) in [6, 6.07) is 0. The van der Waals surface area contributed by atoms with Crippen LogP contribution < -0.4 is 5.32 Å². The fraction of sp³-hybridized carbons (Fsp3) is 0.800. The lowest BCUT2D eigenvalue weighted by atomic mass is 10.4. The first-order valence-corrected chi connectivity index (χ1v) is 4.43. The van der Waals surface area contributed by atoms with Crippen LogP contribution in [-0.4, -0.2) is 45.4 Å². The number of carbonyl (C=O) groups excluding carboxylic acids is 1. The van der Waals surface area contributed by atoms with E-state index in [0.717, 1.165) is 0 Å². The average molecular weight is 193 g/mol. The fourth-order valence-corrected chi connectivity index (χ4v) is 1.42. The molecule has 6 nitrogen and oxygen atoms in total. The molecule has 2 unspecified atom stereocenters. The summed E-state index contributed by atoms with van der Waals surface area (Å²) in [5.41, 5.74) is 0. The Morgan fingerprint density at radius 1 is 1.75 bits per heavy atom. The number of nitrogens with one attached hydrogen (secondary N) is 1. The molecule has 2 atom stereocenters. The van der Waals surface area contributed by atoms with Gasteiger partial charge in [-0.2, -0.15) is 0 Å². The van der Waals surface area contributed by atoms with Gasteiger partial charge < -0.3 is 14.6 Å². The quantitative estimate of drug-likeness (QED) is 0.423. The van der Waals surface area contributed by atoms with Crippen molar-refractivity contribution >= 4 is 17.7 Å². The van der Waals surface area contributed by atoms with E-state index < -0.39 is 17.5 Å². The molecule has 12 heavy (non-hydrogen) atoms. The van der Waals surface area contributed by atoms with Gasteiger partial charge in [0.15, 0.2) is 0 Å². The summed E-state index contributed by atoms with van der Waals surface area (Å²) in [5.74, 6) is 0. The van der Waals surface area contributed by atoms with E-state index in [1.165, 1.54) is 4.31 Å². The summed E-state index contributed by atoms with van der Waals surface area (Å²) in [6.45, 7) is 0.821. The molecule has 70 valence electrons. The van der Waals surface area contributed by atoms with Crippen LogP contribution >= 0.6 is 0 Å². The first-order valence-electron chi connectivity index (χ1n) is 3.39. The summed E-state index contributed by atoms with van der Waals surface area (Å²) in [4.78, 5) is 9.99. The monoisotopic (exact) mass is 193 g/mol. The molecule has 1 aliphatic heterocycles. The second-order valence-electron chi connectivity index (χ2n) is 2.25. The van der Waals surface area contributed by atoms with Crippen LogP contribution in [0.25, 0.3) is 0 Å². The van der Waals surface area contributed by atoms with Crippen LogP contribution in [0.15, 0.2) is 0 Å². The Labute approximate surface area is 72.3 Å². The van der Waals surface area contributed by atoms with Crippen LogP contribution in [0.2, 0.25) is 0 Å². The molecule has 0 aromatic heterocycles. The first-order chi connectivity index (χ1) is 5.74. The van der Waals surface area contributed by atoms with Gasteiger partial charge in [-0.25, -0.2) is 4.31 Å². The van der Waals surface area contributed by atoms with E-state index in [2.05, 4.69) is 5.32 Å². The van der Waals surface area contributed by atoms with Gasteiger partial charge in [0.1, 0.15) is 6.23 Å². The smallest absolute Gasteiger partial charge is 0.209 e. The van der Waals surface area contributed by atoms with Gasteiger partial charge in [0, 0.05) is 17.8 Å². The lowest BCUT2D eigenvalue weighted by molar-refractivity contribution is -0.115. The maximum atomic E-state index is 10.5. The summed E-state index contributed by atoms with van der Waals surface area (Å²) >= 11 is -2.23. The number of rotatable bonds is 3. The molecule has 1 rings (SSSR count). The van der Waals surface area contributed by atoms with Crippen molar-refractivity contribution in [2.24, 2.45) is 0 Å². The molecule has 7 heteroatoms. The van der Waals surface area contributed by atoms with Gasteiger partial charge >= 0.3 is 0 Å².